The molecule has 0 saturated carbocycles. The maximum atomic E-state index is 13.1. The lowest BCUT2D eigenvalue weighted by Gasteiger charge is -2.40. The summed E-state index contributed by atoms with van der Waals surface area (Å²) in [6.07, 6.45) is 30.7. The lowest BCUT2D eigenvalue weighted by molar-refractivity contribution is -0.303. The summed E-state index contributed by atoms with van der Waals surface area (Å²) >= 11 is 0. The van der Waals surface area contributed by atoms with E-state index in [2.05, 4.69) is 42.6 Å². The van der Waals surface area contributed by atoms with E-state index in [1.165, 1.54) is 96.3 Å². The second kappa shape index (κ2) is 37.1. The van der Waals surface area contributed by atoms with Crippen LogP contribution in [0.5, 0.6) is 0 Å². The summed E-state index contributed by atoms with van der Waals surface area (Å²) in [4.78, 5) is 13.1. The second-order valence-electron chi connectivity index (χ2n) is 16.5. The third-order valence-corrected chi connectivity index (χ3v) is 11.2. The number of nitrogens with one attached hydrogen (secondary N) is 1. The number of rotatable bonds is 38. The van der Waals surface area contributed by atoms with Crippen LogP contribution in [-0.4, -0.2) is 110 Å². The zero-order chi connectivity index (χ0) is 42.6. The van der Waals surface area contributed by atoms with Gasteiger partial charge in [0.2, 0.25) is 5.91 Å². The number of unbranched alkanes of at least 4 members (excludes halogenated alkanes) is 21. The first-order valence-corrected chi connectivity index (χ1v) is 23.4. The van der Waals surface area contributed by atoms with Crippen LogP contribution in [0, 0.1) is 0 Å². The molecule has 0 bridgehead atoms. The molecule has 1 fully saturated rings. The molecule has 58 heavy (non-hydrogen) atoms. The van der Waals surface area contributed by atoms with E-state index in [1.807, 2.05) is 13.0 Å². The molecular formula is C47H87NO10. The molecule has 1 saturated heterocycles. The highest BCUT2D eigenvalue weighted by atomic mass is 16.7. The zero-order valence-electron chi connectivity index (χ0n) is 36.5. The monoisotopic (exact) mass is 826 g/mol. The molecule has 9 atom stereocenters. The van der Waals surface area contributed by atoms with Crippen molar-refractivity contribution in [2.24, 2.45) is 0 Å². The van der Waals surface area contributed by atoms with E-state index in [0.717, 1.165) is 44.9 Å². The molecule has 0 aromatic carbocycles. The van der Waals surface area contributed by atoms with Gasteiger partial charge in [0.25, 0.3) is 0 Å². The maximum Gasteiger partial charge on any atom is 0.249 e. The van der Waals surface area contributed by atoms with Crippen molar-refractivity contribution < 1.29 is 50.0 Å². The van der Waals surface area contributed by atoms with Crippen molar-refractivity contribution in [3.05, 3.63) is 36.5 Å². The van der Waals surface area contributed by atoms with Crippen LogP contribution in [0.25, 0.3) is 0 Å². The standard InChI is InChI=1S/C47H87NO10/c1-3-5-7-9-11-13-15-17-18-19-20-21-22-23-25-27-29-31-33-35-40(51)46(56)48-38(37-57-47-45(55)44(54)43(53)41(36-49)58-47)42(52)39(50)34-32-30-28-26-24-16-14-12-10-8-6-4-2/h4,6,12,14,26,28,38-45,47,49-55H,3,5,7-11,13,15-25,27,29-37H2,1-2H3,(H,48,56)/b6-4+,14-12+,28-26+. The normalized spacial score (nSPS) is 22.3. The first kappa shape index (κ1) is 54.3. The van der Waals surface area contributed by atoms with Gasteiger partial charge in [0.05, 0.1) is 25.4 Å². The third-order valence-electron chi connectivity index (χ3n) is 11.2. The van der Waals surface area contributed by atoms with Crippen molar-refractivity contribution in [1.82, 2.24) is 5.32 Å². The van der Waals surface area contributed by atoms with Crippen molar-refractivity contribution in [3.63, 3.8) is 0 Å². The first-order valence-electron chi connectivity index (χ1n) is 23.4. The van der Waals surface area contributed by atoms with Gasteiger partial charge in [-0.25, -0.2) is 0 Å². The Labute approximate surface area is 352 Å². The van der Waals surface area contributed by atoms with Crippen LogP contribution >= 0.6 is 0 Å². The minimum absolute atomic E-state index is 0.241. The van der Waals surface area contributed by atoms with E-state index in [1.54, 1.807) is 0 Å². The van der Waals surface area contributed by atoms with Crippen LogP contribution in [0.3, 0.4) is 0 Å². The molecule has 1 amide bonds. The van der Waals surface area contributed by atoms with Gasteiger partial charge < -0.3 is 50.5 Å². The molecule has 0 aromatic rings. The number of hydrogen-bond donors (Lipinski definition) is 8. The highest BCUT2D eigenvalue weighted by molar-refractivity contribution is 5.80. The van der Waals surface area contributed by atoms with E-state index in [9.17, 15) is 40.5 Å². The van der Waals surface area contributed by atoms with E-state index in [0.29, 0.717) is 19.3 Å². The molecule has 0 aliphatic carbocycles. The quantitative estimate of drug-likeness (QED) is 0.0227. The average molecular weight is 826 g/mol. The Balaban J connectivity index is 2.43. The Kier molecular flexibility index (Phi) is 34.8. The molecule has 0 spiro atoms. The predicted octanol–water partition coefficient (Wildman–Crippen LogP) is 7.61. The molecule has 0 aromatic heterocycles. The van der Waals surface area contributed by atoms with Gasteiger partial charge in [0.1, 0.15) is 36.6 Å². The smallest absolute Gasteiger partial charge is 0.249 e. The SMILES string of the molecule is C/C=C/CC/C=C/CC/C=C/CCCC(O)C(O)C(COC1OC(CO)C(O)C(O)C1O)NC(=O)C(O)CCCCCCCCCCCCCCCCCCCCC. The van der Waals surface area contributed by atoms with Crippen molar-refractivity contribution in [2.45, 2.75) is 242 Å². The molecular weight excluding hydrogens is 739 g/mol. The minimum Gasteiger partial charge on any atom is -0.394 e. The van der Waals surface area contributed by atoms with Gasteiger partial charge in [-0.2, -0.15) is 0 Å². The molecule has 1 heterocycles. The van der Waals surface area contributed by atoms with Crippen molar-refractivity contribution >= 4 is 5.91 Å². The molecule has 1 aliphatic heterocycles. The fourth-order valence-corrected chi connectivity index (χ4v) is 7.36. The maximum absolute atomic E-state index is 13.1. The molecule has 0 radical (unpaired) electrons. The molecule has 11 heteroatoms. The van der Waals surface area contributed by atoms with Gasteiger partial charge in [0, 0.05) is 0 Å². The molecule has 9 unspecified atom stereocenters. The van der Waals surface area contributed by atoms with Crippen LogP contribution in [0.15, 0.2) is 36.5 Å². The Morgan fingerprint density at radius 3 is 1.57 bits per heavy atom. The number of ether oxygens (including phenoxy) is 2. The number of amides is 1. The fourth-order valence-electron chi connectivity index (χ4n) is 7.36. The largest absolute Gasteiger partial charge is 0.394 e. The highest BCUT2D eigenvalue weighted by Gasteiger charge is 2.44. The van der Waals surface area contributed by atoms with Gasteiger partial charge >= 0.3 is 0 Å². The third kappa shape index (κ3) is 26.5. The summed E-state index contributed by atoms with van der Waals surface area (Å²) < 4.78 is 11.1. The topological polar surface area (TPSA) is 189 Å². The summed E-state index contributed by atoms with van der Waals surface area (Å²) in [7, 11) is 0. The number of carbonyl (C=O) groups excluding carboxylic acids is 1. The molecule has 1 rings (SSSR count). The average Bonchev–Trinajstić information content (AvgIpc) is 3.22. The van der Waals surface area contributed by atoms with Crippen molar-refractivity contribution in [2.75, 3.05) is 13.2 Å². The van der Waals surface area contributed by atoms with E-state index in [-0.39, 0.29) is 12.8 Å². The van der Waals surface area contributed by atoms with Crippen LogP contribution < -0.4 is 5.32 Å². The van der Waals surface area contributed by atoms with Crippen LogP contribution in [-0.2, 0) is 14.3 Å². The zero-order valence-corrected chi connectivity index (χ0v) is 36.5. The Morgan fingerprint density at radius 1 is 0.621 bits per heavy atom. The molecule has 11 nitrogen and oxygen atoms in total. The second-order valence-corrected chi connectivity index (χ2v) is 16.5. The minimum atomic E-state index is -1.67. The molecule has 1 aliphatic rings. The summed E-state index contributed by atoms with van der Waals surface area (Å²) in [5, 5.41) is 75.5. The van der Waals surface area contributed by atoms with Crippen molar-refractivity contribution in [3.8, 4) is 0 Å². The summed E-state index contributed by atoms with van der Waals surface area (Å²) in [6, 6.07) is -1.19. The van der Waals surface area contributed by atoms with Gasteiger partial charge in [-0.05, 0) is 58.3 Å². The predicted molar refractivity (Wildman–Crippen MR) is 233 cm³/mol. The Bertz CT molecular complexity index is 1040. The lowest BCUT2D eigenvalue weighted by atomic mass is 9.98. The van der Waals surface area contributed by atoms with E-state index < -0.39 is 74.2 Å². The molecule has 8 N–H and O–H groups in total. The van der Waals surface area contributed by atoms with Gasteiger partial charge in [-0.3, -0.25) is 4.79 Å². The van der Waals surface area contributed by atoms with Crippen LogP contribution in [0.1, 0.15) is 187 Å². The summed E-state index contributed by atoms with van der Waals surface area (Å²) in [5.74, 6) is -0.713. The van der Waals surface area contributed by atoms with Crippen LogP contribution in [0.4, 0.5) is 0 Å². The first-order chi connectivity index (χ1) is 28.2. The van der Waals surface area contributed by atoms with E-state index >= 15 is 0 Å². The van der Waals surface area contributed by atoms with Gasteiger partial charge in [-0.1, -0.05) is 165 Å². The number of hydrogen-bond acceptors (Lipinski definition) is 10. The molecule has 340 valence electrons. The highest BCUT2D eigenvalue weighted by Crippen LogP contribution is 2.23. The van der Waals surface area contributed by atoms with Gasteiger partial charge in [-0.15, -0.1) is 0 Å². The Morgan fingerprint density at radius 2 is 1.09 bits per heavy atom. The number of aliphatic hydroxyl groups excluding tert-OH is 7. The summed E-state index contributed by atoms with van der Waals surface area (Å²) in [5.41, 5.74) is 0. The number of aliphatic hydroxyl groups is 7. The van der Waals surface area contributed by atoms with E-state index in [4.69, 9.17) is 9.47 Å². The van der Waals surface area contributed by atoms with Crippen molar-refractivity contribution in [1.29, 1.82) is 0 Å². The fraction of sp³-hybridized carbons (Fsp3) is 0.851. The number of carbonyl (C=O) groups is 1. The Hall–Kier alpha value is -1.67. The number of allylic oxidation sites excluding steroid dienone is 6. The lowest BCUT2D eigenvalue weighted by Crippen LogP contribution is -2.60. The summed E-state index contributed by atoms with van der Waals surface area (Å²) in [6.45, 7) is 3.20. The van der Waals surface area contributed by atoms with Gasteiger partial charge in [0.15, 0.2) is 6.29 Å². The van der Waals surface area contributed by atoms with Crippen LogP contribution in [0.2, 0.25) is 0 Å².